The normalized spacial score (nSPS) is 16.9. The molecule has 1 N–H and O–H groups in total. The molecule has 2 aromatic carbocycles. The van der Waals surface area contributed by atoms with Gasteiger partial charge in [-0.15, -0.1) is 0 Å². The van der Waals surface area contributed by atoms with Crippen molar-refractivity contribution in [2.45, 2.75) is 84.7 Å². The quantitative estimate of drug-likeness (QED) is 0.436. The van der Waals surface area contributed by atoms with Gasteiger partial charge in [0, 0.05) is 6.54 Å². The minimum atomic E-state index is -0.475. The zero-order chi connectivity index (χ0) is 25.0. The second-order valence-electron chi connectivity index (χ2n) is 10.8. The fourth-order valence-electron chi connectivity index (χ4n) is 3.47. The molecule has 0 bridgehead atoms. The highest BCUT2D eigenvalue weighted by atomic mass is 16.7. The maximum atomic E-state index is 11.7. The van der Waals surface area contributed by atoms with E-state index in [1.165, 1.54) is 5.56 Å². The van der Waals surface area contributed by atoms with Crippen molar-refractivity contribution in [1.29, 1.82) is 0 Å². The van der Waals surface area contributed by atoms with Crippen LogP contribution < -0.4 is 15.5 Å². The highest BCUT2D eigenvalue weighted by Gasteiger charge is 2.51. The fraction of sp³-hybridized carbons (Fsp3) is 0.519. The maximum Gasteiger partial charge on any atom is 0.494 e. The first kappa shape index (κ1) is 26.1. The number of ether oxygens (including phenoxy) is 2. The first-order chi connectivity index (χ1) is 15.8. The van der Waals surface area contributed by atoms with Gasteiger partial charge < -0.3 is 24.1 Å². The maximum absolute atomic E-state index is 11.7. The molecule has 1 heterocycles. The van der Waals surface area contributed by atoms with Gasteiger partial charge in [0.05, 0.1) is 11.2 Å². The molecule has 0 aromatic heterocycles. The zero-order valence-electron chi connectivity index (χ0n) is 21.6. The van der Waals surface area contributed by atoms with Crippen molar-refractivity contribution in [2.75, 3.05) is 6.54 Å². The predicted octanol–water partition coefficient (Wildman–Crippen LogP) is 5.02. The van der Waals surface area contributed by atoms with E-state index in [9.17, 15) is 4.79 Å². The van der Waals surface area contributed by atoms with Crippen LogP contribution in [0, 0.1) is 0 Å². The molecule has 0 saturated carbocycles. The van der Waals surface area contributed by atoms with Gasteiger partial charge in [-0.1, -0.05) is 36.4 Å². The Kier molecular flexibility index (Phi) is 7.99. The van der Waals surface area contributed by atoms with Crippen LogP contribution in [0.15, 0.2) is 48.5 Å². The summed E-state index contributed by atoms with van der Waals surface area (Å²) >= 11 is 0. The smallest absolute Gasteiger partial charge is 0.489 e. The van der Waals surface area contributed by atoms with Gasteiger partial charge in [-0.3, -0.25) is 0 Å². The lowest BCUT2D eigenvalue weighted by atomic mass is 9.79. The number of aryl methyl sites for hydroxylation is 1. The number of amides is 1. The number of hydrogen-bond acceptors (Lipinski definition) is 5. The third-order valence-electron chi connectivity index (χ3n) is 6.14. The molecule has 1 amide bonds. The summed E-state index contributed by atoms with van der Waals surface area (Å²) in [7, 11) is -0.370. The van der Waals surface area contributed by atoms with Gasteiger partial charge in [-0.2, -0.15) is 0 Å². The Bertz CT molecular complexity index is 932. The molecule has 34 heavy (non-hydrogen) atoms. The van der Waals surface area contributed by atoms with Crippen LogP contribution in [0.25, 0.3) is 0 Å². The van der Waals surface area contributed by atoms with Crippen molar-refractivity contribution in [3.63, 3.8) is 0 Å². The van der Waals surface area contributed by atoms with E-state index in [1.807, 2.05) is 45.0 Å². The second-order valence-corrected chi connectivity index (χ2v) is 10.8. The van der Waals surface area contributed by atoms with Crippen LogP contribution in [0.2, 0.25) is 0 Å². The van der Waals surface area contributed by atoms with Gasteiger partial charge in [-0.25, -0.2) is 4.79 Å². The highest BCUT2D eigenvalue weighted by molar-refractivity contribution is 6.62. The van der Waals surface area contributed by atoms with E-state index in [0.29, 0.717) is 13.2 Å². The predicted molar refractivity (Wildman–Crippen MR) is 135 cm³/mol. The summed E-state index contributed by atoms with van der Waals surface area (Å²) in [5.41, 5.74) is 2.13. The molecule has 0 radical (unpaired) electrons. The standard InChI is InChI=1S/C27H38BNO5/c1-25(2,3)32-24(30)29-18-8-9-20-10-12-21(13-11-20)19-31-23-16-14-22(15-17-23)28-33-26(4,5)27(6,7)34-28/h10-17H,8-9,18-19H2,1-7H3,(H,29,30). The third-order valence-corrected chi connectivity index (χ3v) is 6.14. The Labute approximate surface area is 204 Å². The molecular formula is C27H38BNO5. The van der Waals surface area contributed by atoms with Gasteiger partial charge in [0.25, 0.3) is 0 Å². The Morgan fingerprint density at radius 1 is 0.912 bits per heavy atom. The van der Waals surface area contributed by atoms with Crippen molar-refractivity contribution >= 4 is 18.7 Å². The molecule has 6 nitrogen and oxygen atoms in total. The van der Waals surface area contributed by atoms with E-state index in [4.69, 9.17) is 18.8 Å². The molecule has 2 aromatic rings. The van der Waals surface area contributed by atoms with Crippen molar-refractivity contribution in [3.8, 4) is 5.75 Å². The SMILES string of the molecule is CC(C)(C)OC(=O)NCCCc1ccc(COc2ccc(B3OC(C)(C)C(C)(C)O3)cc2)cc1. The van der Waals surface area contributed by atoms with Crippen molar-refractivity contribution in [2.24, 2.45) is 0 Å². The van der Waals surface area contributed by atoms with E-state index in [0.717, 1.165) is 29.6 Å². The molecule has 7 heteroatoms. The molecule has 184 valence electrons. The lowest BCUT2D eigenvalue weighted by molar-refractivity contribution is 0.00578. The summed E-state index contributed by atoms with van der Waals surface area (Å²) in [6, 6.07) is 16.3. The molecule has 1 aliphatic heterocycles. The number of carbonyl (C=O) groups is 1. The van der Waals surface area contributed by atoms with Gasteiger partial charge >= 0.3 is 13.2 Å². The van der Waals surface area contributed by atoms with Gasteiger partial charge in [-0.05, 0) is 90.0 Å². The lowest BCUT2D eigenvalue weighted by Crippen LogP contribution is -2.41. The molecule has 0 spiro atoms. The van der Waals surface area contributed by atoms with Gasteiger partial charge in [0.2, 0.25) is 0 Å². The summed E-state index contributed by atoms with van der Waals surface area (Å²) in [5, 5.41) is 2.79. The summed E-state index contributed by atoms with van der Waals surface area (Å²) in [6.45, 7) is 14.9. The monoisotopic (exact) mass is 467 g/mol. The minimum Gasteiger partial charge on any atom is -0.489 e. The minimum absolute atomic E-state index is 0.354. The van der Waals surface area contributed by atoms with Crippen LogP contribution in [0.5, 0.6) is 5.75 Å². The fourth-order valence-corrected chi connectivity index (χ4v) is 3.47. The largest absolute Gasteiger partial charge is 0.494 e. The van der Waals surface area contributed by atoms with Crippen molar-refractivity contribution in [3.05, 3.63) is 59.7 Å². The number of rotatable bonds is 8. The van der Waals surface area contributed by atoms with E-state index in [2.05, 4.69) is 57.3 Å². The van der Waals surface area contributed by atoms with Gasteiger partial charge in [0.15, 0.2) is 0 Å². The van der Waals surface area contributed by atoms with E-state index in [1.54, 1.807) is 0 Å². The number of carbonyl (C=O) groups excluding carboxylic acids is 1. The Balaban J connectivity index is 1.41. The summed E-state index contributed by atoms with van der Waals surface area (Å²) in [4.78, 5) is 11.7. The van der Waals surface area contributed by atoms with Crippen LogP contribution in [-0.2, 0) is 27.1 Å². The Hall–Kier alpha value is -2.51. The molecule has 0 unspecified atom stereocenters. The number of alkyl carbamates (subject to hydrolysis) is 1. The first-order valence-corrected chi connectivity index (χ1v) is 12.0. The van der Waals surface area contributed by atoms with Crippen LogP contribution in [0.4, 0.5) is 4.79 Å². The summed E-state index contributed by atoms with van der Waals surface area (Å²) in [5.74, 6) is 0.803. The zero-order valence-corrected chi connectivity index (χ0v) is 21.6. The highest BCUT2D eigenvalue weighted by Crippen LogP contribution is 2.36. The molecule has 1 fully saturated rings. The Morgan fingerprint density at radius 2 is 1.47 bits per heavy atom. The van der Waals surface area contributed by atoms with Gasteiger partial charge in [0.1, 0.15) is 18.0 Å². The van der Waals surface area contributed by atoms with Crippen molar-refractivity contribution < 1.29 is 23.6 Å². The number of hydrogen-bond donors (Lipinski definition) is 1. The number of nitrogens with one attached hydrogen (secondary N) is 1. The molecule has 0 aliphatic carbocycles. The molecule has 3 rings (SSSR count). The molecule has 0 atom stereocenters. The topological polar surface area (TPSA) is 66.0 Å². The van der Waals surface area contributed by atoms with Crippen LogP contribution in [0.1, 0.15) is 66.0 Å². The summed E-state index contributed by atoms with van der Waals surface area (Å²) < 4.78 is 23.4. The van der Waals surface area contributed by atoms with E-state index < -0.39 is 5.60 Å². The second kappa shape index (κ2) is 10.4. The van der Waals surface area contributed by atoms with E-state index in [-0.39, 0.29) is 24.4 Å². The lowest BCUT2D eigenvalue weighted by Gasteiger charge is -2.32. The van der Waals surface area contributed by atoms with Crippen molar-refractivity contribution in [1.82, 2.24) is 5.32 Å². The van der Waals surface area contributed by atoms with Crippen LogP contribution >= 0.6 is 0 Å². The van der Waals surface area contributed by atoms with Crippen LogP contribution in [-0.4, -0.2) is 36.6 Å². The molecule has 1 aliphatic rings. The van der Waals surface area contributed by atoms with Crippen LogP contribution in [0.3, 0.4) is 0 Å². The summed E-state index contributed by atoms with van der Waals surface area (Å²) in [6.07, 6.45) is 1.37. The Morgan fingerprint density at radius 3 is 2.03 bits per heavy atom. The van der Waals surface area contributed by atoms with E-state index >= 15 is 0 Å². The molecular weight excluding hydrogens is 429 g/mol. The average Bonchev–Trinajstić information content (AvgIpc) is 2.96. The first-order valence-electron chi connectivity index (χ1n) is 12.0. The third kappa shape index (κ3) is 7.24. The average molecular weight is 467 g/mol. The molecule has 1 saturated heterocycles. The number of benzene rings is 2.